The molecule has 1 unspecified atom stereocenters. The van der Waals surface area contributed by atoms with Crippen LogP contribution in [0.5, 0.6) is 0 Å². The number of H-pyrrole nitrogens is 1. The summed E-state index contributed by atoms with van der Waals surface area (Å²) >= 11 is 0. The maximum Gasteiger partial charge on any atom is 0.270 e. The number of para-hydroxylation sites is 1. The largest absolute Gasteiger partial charge is 0.381 e. The van der Waals surface area contributed by atoms with Gasteiger partial charge in [0.2, 0.25) is 11.8 Å². The number of aromatic nitrogens is 3. The number of aliphatic hydroxyl groups excluding tert-OH is 1. The number of rotatable bonds is 14. The number of aryl methyl sites for hydroxylation is 1. The van der Waals surface area contributed by atoms with Crippen LogP contribution in [0.1, 0.15) is 34.1 Å². The summed E-state index contributed by atoms with van der Waals surface area (Å²) in [6.07, 6.45) is 1.90. The molecule has 5 rings (SSSR count). The lowest BCUT2D eigenvalue weighted by molar-refractivity contribution is -0.134. The Morgan fingerprint density at radius 1 is 0.792 bits per heavy atom. The van der Waals surface area contributed by atoms with Crippen molar-refractivity contribution in [3.05, 3.63) is 126 Å². The summed E-state index contributed by atoms with van der Waals surface area (Å²) in [4.78, 5) is 56.6. The van der Waals surface area contributed by atoms with Gasteiger partial charge in [0, 0.05) is 43.3 Å². The van der Waals surface area contributed by atoms with Crippen LogP contribution in [0.4, 0.5) is 0 Å². The minimum atomic E-state index is -1.60. The first-order valence-electron chi connectivity index (χ1n) is 15.7. The first-order valence-corrected chi connectivity index (χ1v) is 15.7. The Hall–Kier alpha value is -5.75. The molecule has 0 radical (unpaired) electrons. The summed E-state index contributed by atoms with van der Waals surface area (Å²) in [6, 6.07) is 24.4. The zero-order valence-corrected chi connectivity index (χ0v) is 26.7. The highest BCUT2D eigenvalue weighted by Gasteiger charge is 2.32. The van der Waals surface area contributed by atoms with E-state index in [-0.39, 0.29) is 25.1 Å². The lowest BCUT2D eigenvalue weighted by atomic mass is 9.98. The molecule has 2 aromatic heterocycles. The summed E-state index contributed by atoms with van der Waals surface area (Å²) in [5, 5.41) is 27.1. The second-order valence-electron chi connectivity index (χ2n) is 11.6. The first kappa shape index (κ1) is 33.6. The molecule has 4 amide bonds. The van der Waals surface area contributed by atoms with E-state index in [0.29, 0.717) is 0 Å². The van der Waals surface area contributed by atoms with Gasteiger partial charge in [0.15, 0.2) is 6.10 Å². The molecule has 0 bridgehead atoms. The van der Waals surface area contributed by atoms with Gasteiger partial charge in [0.05, 0.1) is 6.04 Å². The molecule has 5 aromatic rings. The van der Waals surface area contributed by atoms with Gasteiger partial charge in [-0.1, -0.05) is 78.9 Å². The third kappa shape index (κ3) is 8.53. The van der Waals surface area contributed by atoms with Crippen LogP contribution in [0, 0.1) is 0 Å². The zero-order valence-electron chi connectivity index (χ0n) is 26.7. The van der Waals surface area contributed by atoms with Gasteiger partial charge in [0.1, 0.15) is 17.8 Å². The standard InChI is InChI=1S/C36H39N7O5/c1-23(40-35(47)31-17-18-39-43(31)2)33(45)42-30(20-26-22-37-28-16-10-9-15-27(26)28)34(46)41-29(19-24-11-5-3-6-12-24)32(44)36(48)38-21-25-13-7-4-8-14-25/h3-18,22-23,29-30,32,37,44H,19-21H2,1-2H3,(H,38,48)(H,40,47)(H,41,46)(H,42,45)/t23-,29-,30-,32?/m0/s1. The van der Waals surface area contributed by atoms with Gasteiger partial charge in [0.25, 0.3) is 11.8 Å². The van der Waals surface area contributed by atoms with Crippen molar-refractivity contribution in [2.45, 2.75) is 50.5 Å². The lowest BCUT2D eigenvalue weighted by Gasteiger charge is -2.27. The summed E-state index contributed by atoms with van der Waals surface area (Å²) < 4.78 is 1.39. The van der Waals surface area contributed by atoms with E-state index in [0.717, 1.165) is 27.6 Å². The predicted octanol–water partition coefficient (Wildman–Crippen LogP) is 2.15. The highest BCUT2D eigenvalue weighted by Crippen LogP contribution is 2.20. The third-order valence-corrected chi connectivity index (χ3v) is 8.11. The van der Waals surface area contributed by atoms with Crippen molar-refractivity contribution in [3.8, 4) is 0 Å². The number of nitrogens with one attached hydrogen (secondary N) is 5. The Kier molecular flexibility index (Phi) is 11.0. The maximum absolute atomic E-state index is 14.0. The van der Waals surface area contributed by atoms with E-state index in [1.165, 1.54) is 23.9 Å². The number of benzene rings is 3. The number of hydrogen-bond donors (Lipinski definition) is 6. The van der Waals surface area contributed by atoms with Crippen LogP contribution in [-0.2, 0) is 40.8 Å². The summed E-state index contributed by atoms with van der Waals surface area (Å²) in [5.74, 6) is -2.34. The molecule has 4 atom stereocenters. The molecule has 12 heteroatoms. The van der Waals surface area contributed by atoms with Crippen LogP contribution in [-0.4, -0.2) is 67.7 Å². The van der Waals surface area contributed by atoms with E-state index >= 15 is 0 Å². The van der Waals surface area contributed by atoms with Crippen molar-refractivity contribution < 1.29 is 24.3 Å². The van der Waals surface area contributed by atoms with Gasteiger partial charge in [-0.3, -0.25) is 23.9 Å². The maximum atomic E-state index is 14.0. The van der Waals surface area contributed by atoms with Gasteiger partial charge in [-0.25, -0.2) is 0 Å². The number of aromatic amines is 1. The minimum absolute atomic E-state index is 0.0956. The van der Waals surface area contributed by atoms with Crippen LogP contribution in [0.3, 0.4) is 0 Å². The molecule has 3 aromatic carbocycles. The molecular formula is C36H39N7O5. The fraction of sp³-hybridized carbons (Fsp3) is 0.250. The van der Waals surface area contributed by atoms with Crippen molar-refractivity contribution in [3.63, 3.8) is 0 Å². The van der Waals surface area contributed by atoms with E-state index in [4.69, 9.17) is 0 Å². The minimum Gasteiger partial charge on any atom is -0.381 e. The fourth-order valence-electron chi connectivity index (χ4n) is 5.42. The molecule has 0 spiro atoms. The van der Waals surface area contributed by atoms with Gasteiger partial charge in [-0.15, -0.1) is 0 Å². The number of amides is 4. The van der Waals surface area contributed by atoms with Gasteiger partial charge >= 0.3 is 0 Å². The van der Waals surface area contributed by atoms with Crippen molar-refractivity contribution >= 4 is 34.5 Å². The normalized spacial score (nSPS) is 13.6. The van der Waals surface area contributed by atoms with E-state index in [9.17, 15) is 24.3 Å². The SMILES string of the molecule is C[C@H](NC(=O)c1ccnn1C)C(=O)N[C@@H](Cc1c[nH]c2ccccc12)C(=O)N[C@@H](Cc1ccccc1)C(O)C(=O)NCc1ccccc1. The molecule has 0 fully saturated rings. The van der Waals surface area contributed by atoms with Crippen molar-refractivity contribution in [2.24, 2.45) is 7.05 Å². The quantitative estimate of drug-likeness (QED) is 0.108. The van der Waals surface area contributed by atoms with E-state index < -0.39 is 47.9 Å². The number of carbonyl (C=O) groups is 4. The third-order valence-electron chi connectivity index (χ3n) is 8.11. The Morgan fingerprint density at radius 2 is 1.46 bits per heavy atom. The fourth-order valence-corrected chi connectivity index (χ4v) is 5.42. The highest BCUT2D eigenvalue weighted by molar-refractivity contribution is 5.97. The van der Waals surface area contributed by atoms with Crippen LogP contribution < -0.4 is 21.3 Å². The van der Waals surface area contributed by atoms with Crippen LogP contribution in [0.15, 0.2) is 103 Å². The molecule has 2 heterocycles. The summed E-state index contributed by atoms with van der Waals surface area (Å²) in [6.45, 7) is 1.72. The van der Waals surface area contributed by atoms with Crippen molar-refractivity contribution in [2.75, 3.05) is 0 Å². The number of nitrogens with zero attached hydrogens (tertiary/aromatic N) is 2. The number of carbonyl (C=O) groups excluding carboxylic acids is 4. The molecular weight excluding hydrogens is 610 g/mol. The van der Waals surface area contributed by atoms with E-state index in [1.54, 1.807) is 13.2 Å². The molecule has 0 saturated carbocycles. The summed E-state index contributed by atoms with van der Waals surface area (Å²) in [5.41, 5.74) is 3.56. The molecule has 12 nitrogen and oxygen atoms in total. The Labute approximate surface area is 277 Å². The number of aliphatic hydroxyl groups is 1. The van der Waals surface area contributed by atoms with Gasteiger partial charge in [-0.2, -0.15) is 5.10 Å². The molecule has 0 aliphatic carbocycles. The van der Waals surface area contributed by atoms with Crippen LogP contribution >= 0.6 is 0 Å². The Bertz CT molecular complexity index is 1850. The van der Waals surface area contributed by atoms with E-state index in [2.05, 4.69) is 31.3 Å². The highest BCUT2D eigenvalue weighted by atomic mass is 16.3. The van der Waals surface area contributed by atoms with Gasteiger partial charge < -0.3 is 31.4 Å². The lowest BCUT2D eigenvalue weighted by Crippen LogP contribution is -2.58. The first-order chi connectivity index (χ1) is 23.2. The smallest absolute Gasteiger partial charge is 0.270 e. The van der Waals surface area contributed by atoms with Crippen LogP contribution in [0.2, 0.25) is 0 Å². The average molecular weight is 650 g/mol. The van der Waals surface area contributed by atoms with Crippen molar-refractivity contribution in [1.82, 2.24) is 36.0 Å². The second kappa shape index (κ2) is 15.7. The number of fused-ring (bicyclic) bond motifs is 1. The molecule has 48 heavy (non-hydrogen) atoms. The summed E-state index contributed by atoms with van der Waals surface area (Å²) in [7, 11) is 1.61. The van der Waals surface area contributed by atoms with Crippen LogP contribution in [0.25, 0.3) is 10.9 Å². The van der Waals surface area contributed by atoms with E-state index in [1.807, 2.05) is 84.9 Å². The topological polar surface area (TPSA) is 170 Å². The zero-order chi connectivity index (χ0) is 34.0. The second-order valence-corrected chi connectivity index (χ2v) is 11.6. The average Bonchev–Trinajstić information content (AvgIpc) is 3.72. The molecule has 6 N–H and O–H groups in total. The molecule has 0 aliphatic rings. The number of hydrogen-bond acceptors (Lipinski definition) is 6. The monoisotopic (exact) mass is 649 g/mol. The van der Waals surface area contributed by atoms with Crippen molar-refractivity contribution in [1.29, 1.82) is 0 Å². The molecule has 0 aliphatic heterocycles. The molecule has 0 saturated heterocycles. The van der Waals surface area contributed by atoms with Gasteiger partial charge in [-0.05, 0) is 42.2 Å². The Balaban J connectivity index is 1.36. The predicted molar refractivity (Wildman–Crippen MR) is 180 cm³/mol. The Morgan fingerprint density at radius 3 is 2.15 bits per heavy atom. The molecule has 248 valence electrons.